The van der Waals surface area contributed by atoms with Crippen molar-refractivity contribution >= 4 is 27.3 Å². The fourth-order valence-electron chi connectivity index (χ4n) is 1.82. The van der Waals surface area contributed by atoms with Gasteiger partial charge in [0.15, 0.2) is 0 Å². The number of halogens is 1. The molecule has 0 aliphatic carbocycles. The summed E-state index contributed by atoms with van der Waals surface area (Å²) in [5.74, 6) is 5.63. The lowest BCUT2D eigenvalue weighted by Crippen LogP contribution is -2.28. The highest BCUT2D eigenvalue weighted by Crippen LogP contribution is 2.29. The first-order chi connectivity index (χ1) is 8.31. The van der Waals surface area contributed by atoms with Gasteiger partial charge in [-0.15, -0.1) is 0 Å². The molecule has 1 aromatic carbocycles. The molecule has 0 radical (unpaired) electrons. The van der Waals surface area contributed by atoms with Gasteiger partial charge in [0.2, 0.25) is 0 Å². The molecule has 0 saturated carbocycles. The molecule has 90 valence electrons. The summed E-state index contributed by atoms with van der Waals surface area (Å²) in [4.78, 5) is 0. The molecule has 17 heavy (non-hydrogen) atoms. The number of nitrogens with one attached hydrogen (secondary N) is 1. The van der Waals surface area contributed by atoms with E-state index in [-0.39, 0.29) is 6.04 Å². The van der Waals surface area contributed by atoms with Crippen LogP contribution < -0.4 is 11.3 Å². The maximum Gasteiger partial charge on any atom is 0.0482 e. The van der Waals surface area contributed by atoms with Crippen LogP contribution in [0.4, 0.5) is 0 Å². The molecule has 1 heterocycles. The second kappa shape index (κ2) is 6.31. The van der Waals surface area contributed by atoms with Crippen LogP contribution in [0.15, 0.2) is 45.6 Å². The number of hydrogen-bond acceptors (Lipinski definition) is 3. The Morgan fingerprint density at radius 3 is 2.59 bits per heavy atom. The third-order valence-corrected chi connectivity index (χ3v) is 4.54. The van der Waals surface area contributed by atoms with Gasteiger partial charge in [-0.1, -0.05) is 30.3 Å². The predicted molar refractivity (Wildman–Crippen MR) is 76.8 cm³/mol. The molecular formula is C13H15BrN2S. The Morgan fingerprint density at radius 1 is 1.24 bits per heavy atom. The predicted octanol–water partition coefficient (Wildman–Crippen LogP) is 3.65. The van der Waals surface area contributed by atoms with E-state index in [0.29, 0.717) is 0 Å². The van der Waals surface area contributed by atoms with Gasteiger partial charge < -0.3 is 0 Å². The molecule has 0 spiro atoms. The molecule has 0 bridgehead atoms. The van der Waals surface area contributed by atoms with Crippen molar-refractivity contribution in [3.8, 4) is 0 Å². The number of rotatable bonds is 5. The number of benzene rings is 1. The summed E-state index contributed by atoms with van der Waals surface area (Å²) in [6.07, 6.45) is 2.02. The van der Waals surface area contributed by atoms with Crippen LogP contribution in [0.2, 0.25) is 0 Å². The van der Waals surface area contributed by atoms with Gasteiger partial charge in [0.1, 0.15) is 0 Å². The zero-order chi connectivity index (χ0) is 12.1. The van der Waals surface area contributed by atoms with E-state index in [1.165, 1.54) is 11.1 Å². The van der Waals surface area contributed by atoms with Gasteiger partial charge in [-0.3, -0.25) is 11.3 Å². The molecule has 0 saturated heterocycles. The minimum atomic E-state index is 0.204. The summed E-state index contributed by atoms with van der Waals surface area (Å²) in [5, 5.41) is 4.22. The van der Waals surface area contributed by atoms with E-state index in [9.17, 15) is 0 Å². The van der Waals surface area contributed by atoms with Crippen LogP contribution in [0.25, 0.3) is 0 Å². The average molecular weight is 311 g/mol. The Kier molecular flexibility index (Phi) is 4.74. The van der Waals surface area contributed by atoms with E-state index in [4.69, 9.17) is 5.84 Å². The third kappa shape index (κ3) is 3.39. The summed E-state index contributed by atoms with van der Waals surface area (Å²) >= 11 is 5.24. The fraction of sp³-hybridized carbons (Fsp3) is 0.231. The Labute approximate surface area is 114 Å². The van der Waals surface area contributed by atoms with Crippen molar-refractivity contribution in [1.29, 1.82) is 0 Å². The summed E-state index contributed by atoms with van der Waals surface area (Å²) in [6, 6.07) is 10.7. The highest BCUT2D eigenvalue weighted by molar-refractivity contribution is 9.10. The Hall–Kier alpha value is -0.680. The summed E-state index contributed by atoms with van der Waals surface area (Å²) < 4.78 is 1.14. The molecule has 3 N–H and O–H groups in total. The van der Waals surface area contributed by atoms with Gasteiger partial charge in [0.25, 0.3) is 0 Å². The van der Waals surface area contributed by atoms with Crippen LogP contribution in [-0.4, -0.2) is 0 Å². The van der Waals surface area contributed by atoms with E-state index in [2.05, 4.69) is 56.4 Å². The first kappa shape index (κ1) is 12.8. The van der Waals surface area contributed by atoms with Crippen molar-refractivity contribution in [2.24, 2.45) is 5.84 Å². The molecule has 0 amide bonds. The van der Waals surface area contributed by atoms with Crippen LogP contribution in [0, 0.1) is 0 Å². The quantitative estimate of drug-likeness (QED) is 0.653. The molecule has 1 atom stereocenters. The van der Waals surface area contributed by atoms with Crippen molar-refractivity contribution in [2.45, 2.75) is 18.9 Å². The molecule has 2 rings (SSSR count). The molecule has 0 aliphatic heterocycles. The maximum absolute atomic E-state index is 5.63. The maximum atomic E-state index is 5.63. The Bertz CT molecular complexity index is 455. The molecule has 0 aliphatic rings. The first-order valence-electron chi connectivity index (χ1n) is 5.53. The number of nitrogens with two attached hydrogens (primary N) is 1. The Morgan fingerprint density at radius 2 is 2.00 bits per heavy atom. The molecule has 4 heteroatoms. The zero-order valence-corrected chi connectivity index (χ0v) is 11.8. The van der Waals surface area contributed by atoms with E-state index in [0.717, 1.165) is 17.3 Å². The van der Waals surface area contributed by atoms with Gasteiger partial charge in [0.05, 0.1) is 0 Å². The minimum Gasteiger partial charge on any atom is -0.271 e. The molecule has 0 fully saturated rings. The number of thiophene rings is 1. The molecule has 1 unspecified atom stereocenters. The van der Waals surface area contributed by atoms with Gasteiger partial charge >= 0.3 is 0 Å². The van der Waals surface area contributed by atoms with Crippen LogP contribution in [0.3, 0.4) is 0 Å². The SMILES string of the molecule is NNC(CCc1ccccc1)c1cscc1Br. The molecule has 2 aromatic rings. The van der Waals surface area contributed by atoms with E-state index >= 15 is 0 Å². The molecule has 2 nitrogen and oxygen atoms in total. The summed E-state index contributed by atoms with van der Waals surface area (Å²) in [6.45, 7) is 0. The van der Waals surface area contributed by atoms with Gasteiger partial charge in [-0.05, 0) is 45.3 Å². The number of aryl methyl sites for hydroxylation is 1. The standard InChI is InChI=1S/C13H15BrN2S/c14-12-9-17-8-11(12)13(16-15)7-6-10-4-2-1-3-5-10/h1-5,8-9,13,16H,6-7,15H2. The minimum absolute atomic E-state index is 0.204. The first-order valence-corrected chi connectivity index (χ1v) is 7.26. The molecule has 1 aromatic heterocycles. The van der Waals surface area contributed by atoms with Gasteiger partial charge in [0, 0.05) is 15.9 Å². The van der Waals surface area contributed by atoms with Crippen molar-refractivity contribution in [3.63, 3.8) is 0 Å². The fourth-order valence-corrected chi connectivity index (χ4v) is 3.45. The van der Waals surface area contributed by atoms with Crippen LogP contribution in [0.1, 0.15) is 23.6 Å². The van der Waals surface area contributed by atoms with E-state index in [1.807, 2.05) is 6.07 Å². The normalized spacial score (nSPS) is 12.6. The third-order valence-electron chi connectivity index (χ3n) is 2.78. The highest BCUT2D eigenvalue weighted by Gasteiger charge is 2.13. The van der Waals surface area contributed by atoms with Gasteiger partial charge in [-0.25, -0.2) is 0 Å². The summed E-state index contributed by atoms with van der Waals surface area (Å²) in [7, 11) is 0. The second-order valence-corrected chi connectivity index (χ2v) is 5.52. The van der Waals surface area contributed by atoms with E-state index < -0.39 is 0 Å². The van der Waals surface area contributed by atoms with Crippen LogP contribution in [0.5, 0.6) is 0 Å². The lowest BCUT2D eigenvalue weighted by molar-refractivity contribution is 0.516. The largest absolute Gasteiger partial charge is 0.271 e. The van der Waals surface area contributed by atoms with Crippen molar-refractivity contribution in [1.82, 2.24) is 5.43 Å². The Balaban J connectivity index is 2.00. The molecular weight excluding hydrogens is 296 g/mol. The average Bonchev–Trinajstić information content (AvgIpc) is 2.78. The monoisotopic (exact) mass is 310 g/mol. The zero-order valence-electron chi connectivity index (χ0n) is 9.40. The lowest BCUT2D eigenvalue weighted by atomic mass is 10.0. The van der Waals surface area contributed by atoms with Crippen LogP contribution >= 0.6 is 27.3 Å². The number of hydrazine groups is 1. The topological polar surface area (TPSA) is 38.0 Å². The van der Waals surface area contributed by atoms with E-state index in [1.54, 1.807) is 11.3 Å². The lowest BCUT2D eigenvalue weighted by Gasteiger charge is -2.15. The van der Waals surface area contributed by atoms with Crippen LogP contribution in [-0.2, 0) is 6.42 Å². The van der Waals surface area contributed by atoms with Crippen molar-refractivity contribution in [3.05, 3.63) is 56.7 Å². The second-order valence-electron chi connectivity index (χ2n) is 3.92. The smallest absolute Gasteiger partial charge is 0.0482 e. The van der Waals surface area contributed by atoms with Crippen molar-refractivity contribution in [2.75, 3.05) is 0 Å². The van der Waals surface area contributed by atoms with Crippen molar-refractivity contribution < 1.29 is 0 Å². The van der Waals surface area contributed by atoms with Gasteiger partial charge in [-0.2, -0.15) is 11.3 Å². The number of hydrogen-bond donors (Lipinski definition) is 2. The highest BCUT2D eigenvalue weighted by atomic mass is 79.9. The summed E-state index contributed by atoms with van der Waals surface area (Å²) in [5.41, 5.74) is 5.48.